The Hall–Kier alpha value is -2.34. The number of aromatic nitrogens is 2. The predicted molar refractivity (Wildman–Crippen MR) is 92.6 cm³/mol. The lowest BCUT2D eigenvalue weighted by Gasteiger charge is -2.39. The molecule has 1 aromatic heterocycles. The number of hydrogen-bond donors (Lipinski definition) is 0. The van der Waals surface area contributed by atoms with Gasteiger partial charge >= 0.3 is 0 Å². The minimum atomic E-state index is 0.106. The highest BCUT2D eigenvalue weighted by Crippen LogP contribution is 2.25. The Morgan fingerprint density at radius 3 is 2.83 bits per heavy atom. The first kappa shape index (κ1) is 16.5. The third kappa shape index (κ3) is 3.76. The van der Waals surface area contributed by atoms with E-state index in [9.17, 15) is 4.79 Å². The van der Waals surface area contributed by atoms with Crippen molar-refractivity contribution in [2.45, 2.75) is 19.9 Å². The number of carbonyl (C=O) groups is 1. The molecule has 1 atom stereocenters. The van der Waals surface area contributed by atoms with Crippen LogP contribution in [0.1, 0.15) is 13.8 Å². The first-order valence-electron chi connectivity index (χ1n) is 7.80. The van der Waals surface area contributed by atoms with E-state index in [0.717, 1.165) is 18.9 Å². The number of anilines is 1. The lowest BCUT2D eigenvalue weighted by atomic mass is 10.2. The summed E-state index contributed by atoms with van der Waals surface area (Å²) >= 11 is 5.97. The molecule has 3 rings (SSSR count). The molecule has 7 heteroatoms. The molecule has 0 radical (unpaired) electrons. The molecule has 1 aliphatic heterocycles. The van der Waals surface area contributed by atoms with Crippen LogP contribution in [0.4, 0.5) is 5.82 Å². The first-order chi connectivity index (χ1) is 11.5. The molecule has 1 fully saturated rings. The van der Waals surface area contributed by atoms with E-state index in [2.05, 4.69) is 14.9 Å². The Balaban J connectivity index is 1.73. The fourth-order valence-corrected chi connectivity index (χ4v) is 3.02. The Bertz CT molecular complexity index is 740. The number of hydrogen-bond acceptors (Lipinski definition) is 5. The van der Waals surface area contributed by atoms with Crippen LogP contribution in [0, 0.1) is 0 Å². The third-order valence-corrected chi connectivity index (χ3v) is 4.24. The van der Waals surface area contributed by atoms with Crippen LogP contribution in [0.5, 0.6) is 11.6 Å². The zero-order chi connectivity index (χ0) is 17.1. The molecular formula is C17H19ClN4O2. The van der Waals surface area contributed by atoms with Gasteiger partial charge in [0.1, 0.15) is 17.9 Å². The maximum Gasteiger partial charge on any atom is 0.224 e. The molecule has 1 saturated heterocycles. The van der Waals surface area contributed by atoms with E-state index in [-0.39, 0.29) is 11.9 Å². The Labute approximate surface area is 146 Å². The molecule has 1 amide bonds. The van der Waals surface area contributed by atoms with Crippen LogP contribution in [0.2, 0.25) is 5.02 Å². The minimum Gasteiger partial charge on any atom is -0.439 e. The number of halogens is 1. The van der Waals surface area contributed by atoms with Crippen LogP contribution in [-0.2, 0) is 4.79 Å². The van der Waals surface area contributed by atoms with Gasteiger partial charge in [0.25, 0.3) is 0 Å². The number of amides is 1. The van der Waals surface area contributed by atoms with E-state index in [4.69, 9.17) is 16.3 Å². The van der Waals surface area contributed by atoms with Gasteiger partial charge in [-0.05, 0) is 25.1 Å². The summed E-state index contributed by atoms with van der Waals surface area (Å²) < 4.78 is 5.75. The smallest absolute Gasteiger partial charge is 0.224 e. The van der Waals surface area contributed by atoms with E-state index < -0.39 is 0 Å². The van der Waals surface area contributed by atoms with Crippen molar-refractivity contribution in [1.29, 1.82) is 0 Å². The topological polar surface area (TPSA) is 58.6 Å². The summed E-state index contributed by atoms with van der Waals surface area (Å²) in [6, 6.07) is 9.11. The van der Waals surface area contributed by atoms with Crippen molar-refractivity contribution in [1.82, 2.24) is 14.9 Å². The van der Waals surface area contributed by atoms with Gasteiger partial charge in [-0.1, -0.05) is 17.7 Å². The van der Waals surface area contributed by atoms with E-state index >= 15 is 0 Å². The van der Waals surface area contributed by atoms with Crippen LogP contribution >= 0.6 is 11.6 Å². The second kappa shape index (κ2) is 7.05. The van der Waals surface area contributed by atoms with E-state index in [1.54, 1.807) is 25.1 Å². The number of benzene rings is 1. The Morgan fingerprint density at radius 1 is 1.29 bits per heavy atom. The number of rotatable bonds is 3. The third-order valence-electron chi connectivity index (χ3n) is 4.00. The second-order valence-electron chi connectivity index (χ2n) is 5.78. The van der Waals surface area contributed by atoms with Crippen molar-refractivity contribution in [3.05, 3.63) is 41.7 Å². The summed E-state index contributed by atoms with van der Waals surface area (Å²) in [6.45, 7) is 5.79. The van der Waals surface area contributed by atoms with Gasteiger partial charge in [0.15, 0.2) is 0 Å². The van der Waals surface area contributed by atoms with E-state index in [0.29, 0.717) is 23.2 Å². The quantitative estimate of drug-likeness (QED) is 0.855. The van der Waals surface area contributed by atoms with Crippen molar-refractivity contribution in [2.24, 2.45) is 0 Å². The molecular weight excluding hydrogens is 328 g/mol. The lowest BCUT2D eigenvalue weighted by molar-refractivity contribution is -0.131. The maximum atomic E-state index is 11.6. The van der Waals surface area contributed by atoms with Gasteiger partial charge < -0.3 is 14.5 Å². The van der Waals surface area contributed by atoms with Gasteiger partial charge in [-0.15, -0.1) is 0 Å². The van der Waals surface area contributed by atoms with E-state index in [1.165, 1.54) is 6.33 Å². The number of ether oxygens (including phenoxy) is 1. The molecule has 2 heterocycles. The number of piperazine rings is 1. The molecule has 24 heavy (non-hydrogen) atoms. The molecule has 0 spiro atoms. The molecule has 0 unspecified atom stereocenters. The molecule has 126 valence electrons. The standard InChI is InChI=1S/C17H19ClN4O2/c1-12-10-21(6-7-22(12)13(2)23)16-9-17(20-11-19-16)24-15-5-3-4-14(18)8-15/h3-5,8-9,11-12H,6-7,10H2,1-2H3/t12-/m0/s1. The van der Waals surface area contributed by atoms with Gasteiger partial charge in [0.05, 0.1) is 0 Å². The highest BCUT2D eigenvalue weighted by Gasteiger charge is 2.26. The monoisotopic (exact) mass is 346 g/mol. The second-order valence-corrected chi connectivity index (χ2v) is 6.22. The Morgan fingerprint density at radius 2 is 2.12 bits per heavy atom. The Kier molecular flexibility index (Phi) is 4.85. The van der Waals surface area contributed by atoms with Gasteiger partial charge in [-0.2, -0.15) is 0 Å². The largest absolute Gasteiger partial charge is 0.439 e. The lowest BCUT2D eigenvalue weighted by Crippen LogP contribution is -2.53. The van der Waals surface area contributed by atoms with Crippen molar-refractivity contribution < 1.29 is 9.53 Å². The average Bonchev–Trinajstić information content (AvgIpc) is 2.54. The molecule has 1 aromatic carbocycles. The average molecular weight is 347 g/mol. The zero-order valence-electron chi connectivity index (χ0n) is 13.6. The SMILES string of the molecule is CC(=O)N1CCN(c2cc(Oc3cccc(Cl)c3)ncn2)C[C@@H]1C. The van der Waals surface area contributed by atoms with Crippen molar-refractivity contribution >= 4 is 23.3 Å². The van der Waals surface area contributed by atoms with Crippen LogP contribution in [0.15, 0.2) is 36.7 Å². The zero-order valence-corrected chi connectivity index (χ0v) is 14.4. The van der Waals surface area contributed by atoms with Crippen molar-refractivity contribution in [3.63, 3.8) is 0 Å². The van der Waals surface area contributed by atoms with Crippen molar-refractivity contribution in [2.75, 3.05) is 24.5 Å². The molecule has 0 saturated carbocycles. The highest BCUT2D eigenvalue weighted by atomic mass is 35.5. The molecule has 6 nitrogen and oxygen atoms in total. The molecule has 1 aliphatic rings. The summed E-state index contributed by atoms with van der Waals surface area (Å²) in [5.74, 6) is 1.98. The molecule has 0 bridgehead atoms. The normalized spacial score (nSPS) is 17.7. The fourth-order valence-electron chi connectivity index (χ4n) is 2.84. The summed E-state index contributed by atoms with van der Waals surface area (Å²) in [4.78, 5) is 24.1. The van der Waals surface area contributed by atoms with Gasteiger partial charge in [-0.3, -0.25) is 4.79 Å². The summed E-state index contributed by atoms with van der Waals surface area (Å²) in [6.07, 6.45) is 1.48. The first-order valence-corrected chi connectivity index (χ1v) is 8.18. The predicted octanol–water partition coefficient (Wildman–Crippen LogP) is 2.98. The van der Waals surface area contributed by atoms with Crippen molar-refractivity contribution in [3.8, 4) is 11.6 Å². The van der Waals surface area contributed by atoms with Gasteiger partial charge in [0, 0.05) is 43.7 Å². The molecule has 2 aromatic rings. The molecule has 0 aliphatic carbocycles. The summed E-state index contributed by atoms with van der Waals surface area (Å²) in [5, 5.41) is 0.607. The molecule has 0 N–H and O–H groups in total. The summed E-state index contributed by atoms with van der Waals surface area (Å²) in [5.41, 5.74) is 0. The summed E-state index contributed by atoms with van der Waals surface area (Å²) in [7, 11) is 0. The minimum absolute atomic E-state index is 0.106. The van der Waals surface area contributed by atoms with Gasteiger partial charge in [0.2, 0.25) is 11.8 Å². The van der Waals surface area contributed by atoms with Crippen LogP contribution < -0.4 is 9.64 Å². The van der Waals surface area contributed by atoms with Crippen LogP contribution in [0.25, 0.3) is 0 Å². The number of nitrogens with zero attached hydrogens (tertiary/aromatic N) is 4. The van der Waals surface area contributed by atoms with Crippen LogP contribution in [0.3, 0.4) is 0 Å². The maximum absolute atomic E-state index is 11.6. The highest BCUT2D eigenvalue weighted by molar-refractivity contribution is 6.30. The van der Waals surface area contributed by atoms with Gasteiger partial charge in [-0.25, -0.2) is 9.97 Å². The van der Waals surface area contributed by atoms with E-state index in [1.807, 2.05) is 24.0 Å². The number of carbonyl (C=O) groups excluding carboxylic acids is 1. The van der Waals surface area contributed by atoms with Crippen LogP contribution in [-0.4, -0.2) is 46.5 Å². The fraction of sp³-hybridized carbons (Fsp3) is 0.353.